The lowest BCUT2D eigenvalue weighted by Gasteiger charge is -2.28. The molecule has 0 bridgehead atoms. The van der Waals surface area contributed by atoms with E-state index < -0.39 is 37.6 Å². The second kappa shape index (κ2) is 32.1. The lowest BCUT2D eigenvalue weighted by Crippen LogP contribution is -2.30. The number of hydrogen-bond acceptors (Lipinski definition) is 15. The molecule has 484 valence electrons. The van der Waals surface area contributed by atoms with Gasteiger partial charge in [0.05, 0.1) is 42.5 Å². The van der Waals surface area contributed by atoms with Gasteiger partial charge in [-0.25, -0.2) is 35.6 Å². The smallest absolute Gasteiger partial charge is 0.423 e. The van der Waals surface area contributed by atoms with E-state index in [1.165, 1.54) is 64.9 Å². The molecule has 0 unspecified atom stereocenters. The van der Waals surface area contributed by atoms with Gasteiger partial charge < -0.3 is 28.7 Å². The normalized spacial score (nSPS) is 12.1. The van der Waals surface area contributed by atoms with Gasteiger partial charge in [0.25, 0.3) is 5.91 Å². The molecule has 9 aromatic rings. The van der Waals surface area contributed by atoms with Gasteiger partial charge in [-0.1, -0.05) is 54.5 Å². The van der Waals surface area contributed by atoms with Crippen LogP contribution in [-0.2, 0) is 149 Å². The van der Waals surface area contributed by atoms with Gasteiger partial charge in [-0.05, 0) is 125 Å². The molecule has 91 heavy (non-hydrogen) atoms. The first-order chi connectivity index (χ1) is 42.9. The maximum absolute atomic E-state index is 13.9. The number of ether oxygens (including phenoxy) is 2. The van der Waals surface area contributed by atoms with Crippen LogP contribution in [0.15, 0.2) is 131 Å². The molecule has 0 saturated heterocycles. The van der Waals surface area contributed by atoms with Crippen LogP contribution in [0.1, 0.15) is 75.8 Å². The molecule has 0 atom stereocenters. The minimum Gasteiger partial charge on any atom is -0.423 e. The van der Waals surface area contributed by atoms with Crippen LogP contribution in [0.2, 0.25) is 0 Å². The number of pyridine rings is 2. The molecule has 0 fully saturated rings. The monoisotopic (exact) mass is 1590 g/mol. The lowest BCUT2D eigenvalue weighted by molar-refractivity contribution is 0.0755. The van der Waals surface area contributed by atoms with Gasteiger partial charge in [0, 0.05) is 223 Å². The number of methoxy groups -OCH3 is 2. The molecule has 0 saturated carbocycles. The summed E-state index contributed by atoms with van der Waals surface area (Å²) in [6.45, 7) is 15.7. The zero-order chi connectivity index (χ0) is 66.8. The average Bonchev–Trinajstić information content (AvgIpc) is 1.58. The van der Waals surface area contributed by atoms with E-state index in [1.807, 2.05) is 33.1 Å². The SMILES string of the molecule is COCC(C)(C)c1c(-c2ccc(S(C)(=O)=O)nc2)c2cc3c(cc2n1-c1ccc(F)cc1)C=NC3.COCC(C)(C)c1c(I)c2cc3c(cnn3C(=O)C(C)(C)C)cc2n1-c1ccc(F)cc1.CS(=O)(=O)c1ccc(B(O)O)cn1.S=S=S=S=S=S=S=S=S=S=S. The number of fused-ring (bicyclic) bond motifs is 4. The molecular weight excluding hydrogens is 1530 g/mol. The maximum atomic E-state index is 13.9. The highest BCUT2D eigenvalue weighted by atomic mass is 127. The fraction of sp³-hybridized carbons (Fsp3) is 0.293. The van der Waals surface area contributed by atoms with Gasteiger partial charge in [0.2, 0.25) is 0 Å². The number of sulfone groups is 2. The summed E-state index contributed by atoms with van der Waals surface area (Å²) in [7, 11) is 9.47. The Kier molecular flexibility index (Phi) is 26.2. The van der Waals surface area contributed by atoms with Crippen LogP contribution in [-0.4, -0.2) is 115 Å². The van der Waals surface area contributed by atoms with Crippen molar-refractivity contribution in [2.24, 2.45) is 10.4 Å². The van der Waals surface area contributed by atoms with Crippen molar-refractivity contribution in [2.75, 3.05) is 39.9 Å². The summed E-state index contributed by atoms with van der Waals surface area (Å²) in [5.74, 6) is -0.640. The summed E-state index contributed by atoms with van der Waals surface area (Å²) >= 11 is 11.7. The number of carbonyl (C=O) groups excluding carboxylic acids is 1. The van der Waals surface area contributed by atoms with E-state index in [1.54, 1.807) is 119 Å². The van der Waals surface area contributed by atoms with Crippen molar-refractivity contribution in [1.82, 2.24) is 28.9 Å². The Morgan fingerprint density at radius 1 is 0.648 bits per heavy atom. The number of nitrogens with zero attached hydrogens (tertiary/aromatic N) is 7. The van der Waals surface area contributed by atoms with Crippen molar-refractivity contribution < 1.29 is 49.9 Å². The zero-order valence-corrected chi connectivity index (χ0v) is 63.3. The average molecular weight is 1590 g/mol. The van der Waals surface area contributed by atoms with Gasteiger partial charge in [0.15, 0.2) is 29.7 Å². The van der Waals surface area contributed by atoms with Crippen LogP contribution >= 0.6 is 22.6 Å². The summed E-state index contributed by atoms with van der Waals surface area (Å²) < 4.78 is 91.5. The van der Waals surface area contributed by atoms with Gasteiger partial charge in [-0.2, -0.15) is 9.78 Å². The Bertz CT molecular complexity index is 4870. The Morgan fingerprint density at radius 2 is 1.14 bits per heavy atom. The molecule has 10 rings (SSSR count). The van der Waals surface area contributed by atoms with Gasteiger partial charge in [-0.3, -0.25) is 9.79 Å². The van der Waals surface area contributed by atoms with Crippen LogP contribution in [0.5, 0.6) is 0 Å². The van der Waals surface area contributed by atoms with Gasteiger partial charge in [-0.15, -0.1) is 0 Å². The predicted molar refractivity (Wildman–Crippen MR) is 398 cm³/mol. The molecule has 0 aliphatic carbocycles. The molecule has 1 aliphatic heterocycles. The third kappa shape index (κ3) is 18.5. The van der Waals surface area contributed by atoms with Crippen molar-refractivity contribution in [3.05, 3.63) is 153 Å². The zero-order valence-electron chi connectivity index (χ0n) is 50.6. The van der Waals surface area contributed by atoms with E-state index in [-0.39, 0.29) is 38.5 Å². The standard InChI is InChI=1S/C27H26FN3O3S.C25H27FIN3O2.C6H8BNO4S.S11/c1-27(2,16-34-3)26-25(17-5-10-24(30-15-17)35(4,32)33)22-11-18-13-29-14-19(18)12-23(22)31(26)21-8-6-20(28)7-9-21;1-24(2,3)23(31)30-19-12-18-20(11-15(19)13-28-30)29(17-9-7-16(26)8-10-17)22(21(18)27)25(4,5)14-32-6;1-13(11,12)6-3-2-5(4-8-6)7(9)10;1-3-5-7-9-11-10-8-6-4-2/h5-12,14-15H,13,16H2,1-4H3;7-13H,14H2,1-6H3;2-4,9-10H,1H3;. The minimum absolute atomic E-state index is 0.0236. The molecular formula is C58H61BF2IN7O9S13. The molecule has 0 spiro atoms. The Hall–Kier alpha value is -4.12. The maximum Gasteiger partial charge on any atom is 0.490 e. The Labute approximate surface area is 576 Å². The Balaban J connectivity index is 0.000000192. The lowest BCUT2D eigenvalue weighted by atomic mass is 9.82. The van der Waals surface area contributed by atoms with Crippen LogP contribution in [0.4, 0.5) is 8.78 Å². The molecule has 16 nitrogen and oxygen atoms in total. The number of carbonyl (C=O) groups is 1. The van der Waals surface area contributed by atoms with Crippen molar-refractivity contribution >= 4 is 202 Å². The first-order valence-electron chi connectivity index (χ1n) is 26.8. The van der Waals surface area contributed by atoms with Gasteiger partial charge >= 0.3 is 7.12 Å². The van der Waals surface area contributed by atoms with E-state index >= 15 is 0 Å². The van der Waals surface area contributed by atoms with Crippen LogP contribution < -0.4 is 5.46 Å². The summed E-state index contributed by atoms with van der Waals surface area (Å²) in [5.41, 5.74) is 9.19. The summed E-state index contributed by atoms with van der Waals surface area (Å²) in [6.07, 6.45) is 8.50. The van der Waals surface area contributed by atoms with Crippen molar-refractivity contribution in [3.8, 4) is 22.5 Å². The second-order valence-electron chi connectivity index (χ2n) is 22.6. The summed E-state index contributed by atoms with van der Waals surface area (Å²) in [5, 5.41) is 24.6. The second-order valence-corrected chi connectivity index (χ2v) is 43.5. The van der Waals surface area contributed by atoms with Crippen LogP contribution in [0.3, 0.4) is 0 Å². The summed E-state index contributed by atoms with van der Waals surface area (Å²) in [4.78, 5) is 25.2. The molecule has 1 aliphatic rings. The molecule has 33 heteroatoms. The van der Waals surface area contributed by atoms with Crippen molar-refractivity contribution in [3.63, 3.8) is 0 Å². The fourth-order valence-corrected chi connectivity index (χ4v) is 31.6. The number of hydrogen-bond donors (Lipinski definition) is 2. The number of aliphatic imine (C=N–C) groups is 1. The predicted octanol–water partition coefficient (Wildman–Crippen LogP) is 9.56. The number of benzene rings is 4. The van der Waals surface area contributed by atoms with Crippen LogP contribution in [0, 0.1) is 20.6 Å². The molecule has 5 aromatic heterocycles. The minimum atomic E-state index is -3.43. The molecule has 6 heterocycles. The van der Waals surface area contributed by atoms with E-state index in [0.717, 1.165) is 100 Å². The number of rotatable bonds is 12. The molecule has 0 amide bonds. The van der Waals surface area contributed by atoms with Crippen molar-refractivity contribution in [1.29, 1.82) is 0 Å². The third-order valence-corrected chi connectivity index (χ3v) is 34.5. The first-order valence-corrected chi connectivity index (χ1v) is 45.0. The highest BCUT2D eigenvalue weighted by molar-refractivity contribution is 14.1. The number of halogens is 3. The van der Waals surface area contributed by atoms with Gasteiger partial charge in [0.1, 0.15) is 11.6 Å². The molecule has 2 N–H and O–H groups in total. The number of aromatic nitrogens is 6. The molecule has 4 aromatic carbocycles. The van der Waals surface area contributed by atoms with E-state index in [4.69, 9.17) is 19.5 Å². The quantitative estimate of drug-likeness (QED) is 0.0862. The fourth-order valence-electron chi connectivity index (χ4n) is 9.84. The van der Waals surface area contributed by atoms with Crippen molar-refractivity contribution in [2.45, 2.75) is 75.9 Å². The largest absolute Gasteiger partial charge is 0.490 e. The molecule has 0 radical (unpaired) electrons. The highest BCUT2D eigenvalue weighted by Crippen LogP contribution is 2.45. The van der Waals surface area contributed by atoms with Crippen LogP contribution in [0.25, 0.3) is 55.2 Å². The highest BCUT2D eigenvalue weighted by Gasteiger charge is 2.35. The Morgan fingerprint density at radius 3 is 1.60 bits per heavy atom. The van der Waals surface area contributed by atoms with E-state index in [2.05, 4.69) is 120 Å². The first kappa shape index (κ1) is 74.3. The topological polar surface area (TPSA) is 210 Å². The van der Waals surface area contributed by atoms with E-state index in [9.17, 15) is 30.4 Å². The third-order valence-electron chi connectivity index (χ3n) is 13.7. The van der Waals surface area contributed by atoms with E-state index in [0.29, 0.717) is 19.8 Å². The summed E-state index contributed by atoms with van der Waals surface area (Å²) in [6, 6.07) is 27.1.